The zero-order chi connectivity index (χ0) is 9.78. The minimum absolute atomic E-state index is 0.990. The fourth-order valence-electron chi connectivity index (χ4n) is 0.721. The van der Waals surface area contributed by atoms with E-state index in [9.17, 15) is 0 Å². The summed E-state index contributed by atoms with van der Waals surface area (Å²) >= 11 is 0. The van der Waals surface area contributed by atoms with Crippen LogP contribution in [-0.4, -0.2) is 0 Å². The normalized spacial score (nSPS) is 10.8. The van der Waals surface area contributed by atoms with Gasteiger partial charge in [0.1, 0.15) is 0 Å². The molecule has 1 nitrogen and oxygen atoms in total. The summed E-state index contributed by atoms with van der Waals surface area (Å²) in [6.45, 7) is 7.26. The summed E-state index contributed by atoms with van der Waals surface area (Å²) in [6, 6.07) is 0. The Morgan fingerprint density at radius 3 is 1.62 bits per heavy atom. The molecule has 0 N–H and O–H groups in total. The summed E-state index contributed by atoms with van der Waals surface area (Å²) < 4.78 is 5.10. The van der Waals surface area contributed by atoms with E-state index in [1.54, 1.807) is 12.5 Å². The molecule has 0 aromatic heterocycles. The quantitative estimate of drug-likeness (QED) is 0.310. The molecule has 0 rings (SSSR count). The largest absolute Gasteiger partial charge is 0.473 e. The molecule has 0 heterocycles. The van der Waals surface area contributed by atoms with Crippen LogP contribution in [0.25, 0.3) is 0 Å². The van der Waals surface area contributed by atoms with Crippen molar-refractivity contribution in [3.05, 3.63) is 50.0 Å². The van der Waals surface area contributed by atoms with E-state index in [4.69, 9.17) is 4.74 Å². The highest BCUT2D eigenvalue weighted by Gasteiger charge is 1.75. The average molecular weight is 178 g/mol. The molecule has 0 aliphatic rings. The van der Waals surface area contributed by atoms with E-state index in [1.807, 2.05) is 24.3 Å². The second-order valence-electron chi connectivity index (χ2n) is 2.61. The van der Waals surface area contributed by atoms with Crippen LogP contribution in [0.3, 0.4) is 0 Å². The maximum Gasteiger partial charge on any atom is 0.0861 e. The Morgan fingerprint density at radius 2 is 1.23 bits per heavy atom. The molecular weight excluding hydrogens is 160 g/mol. The van der Waals surface area contributed by atoms with Gasteiger partial charge in [-0.3, -0.25) is 0 Å². The fraction of sp³-hybridized carbons (Fsp3) is 0.333. The number of hydrogen-bond acceptors (Lipinski definition) is 1. The van der Waals surface area contributed by atoms with Crippen molar-refractivity contribution < 1.29 is 4.74 Å². The van der Waals surface area contributed by atoms with Crippen LogP contribution in [0.2, 0.25) is 0 Å². The van der Waals surface area contributed by atoms with Crippen LogP contribution >= 0.6 is 0 Å². The number of unbranched alkanes of at least 4 members (excludes halogenated alkanes) is 2. The van der Waals surface area contributed by atoms with Crippen molar-refractivity contribution >= 4 is 0 Å². The molecule has 0 aliphatic heterocycles. The van der Waals surface area contributed by atoms with E-state index in [0.29, 0.717) is 0 Å². The molecule has 0 spiro atoms. The highest BCUT2D eigenvalue weighted by atomic mass is 16.5. The van der Waals surface area contributed by atoms with E-state index >= 15 is 0 Å². The van der Waals surface area contributed by atoms with Crippen molar-refractivity contribution in [3.63, 3.8) is 0 Å². The van der Waals surface area contributed by atoms with Gasteiger partial charge in [0.25, 0.3) is 0 Å². The predicted molar refractivity (Wildman–Crippen MR) is 58.2 cm³/mol. The molecule has 72 valence electrons. The first-order valence-corrected chi connectivity index (χ1v) is 4.59. The van der Waals surface area contributed by atoms with Gasteiger partial charge in [-0.2, -0.15) is 0 Å². The number of ether oxygens (including phenoxy) is 1. The SMILES string of the molecule is C=CCCC=COC=CCCC=C. The Hall–Kier alpha value is -1.24. The lowest BCUT2D eigenvalue weighted by Crippen LogP contribution is -1.68. The molecule has 0 aliphatic carbocycles. The lowest BCUT2D eigenvalue weighted by Gasteiger charge is -1.89. The summed E-state index contributed by atoms with van der Waals surface area (Å²) in [4.78, 5) is 0. The van der Waals surface area contributed by atoms with Crippen LogP contribution in [0.5, 0.6) is 0 Å². The first kappa shape index (κ1) is 11.8. The van der Waals surface area contributed by atoms with Crippen LogP contribution in [0.1, 0.15) is 25.7 Å². The highest BCUT2D eigenvalue weighted by Crippen LogP contribution is 1.94. The van der Waals surface area contributed by atoms with Crippen LogP contribution in [0.4, 0.5) is 0 Å². The third-order valence-electron chi connectivity index (χ3n) is 1.42. The zero-order valence-corrected chi connectivity index (χ0v) is 8.11. The molecule has 0 aromatic rings. The fourth-order valence-corrected chi connectivity index (χ4v) is 0.721. The monoisotopic (exact) mass is 178 g/mol. The van der Waals surface area contributed by atoms with Gasteiger partial charge in [0.05, 0.1) is 12.5 Å². The maximum atomic E-state index is 5.10. The van der Waals surface area contributed by atoms with Crippen LogP contribution in [0.15, 0.2) is 50.0 Å². The lowest BCUT2D eigenvalue weighted by atomic mass is 10.3. The van der Waals surface area contributed by atoms with Gasteiger partial charge >= 0.3 is 0 Å². The van der Waals surface area contributed by atoms with Crippen LogP contribution < -0.4 is 0 Å². The van der Waals surface area contributed by atoms with Crippen LogP contribution in [-0.2, 0) is 4.74 Å². The Labute approximate surface area is 81.1 Å². The second-order valence-corrected chi connectivity index (χ2v) is 2.61. The molecule has 1 heteroatoms. The molecule has 0 amide bonds. The van der Waals surface area contributed by atoms with Gasteiger partial charge in [-0.15, -0.1) is 13.2 Å². The minimum Gasteiger partial charge on any atom is -0.473 e. The van der Waals surface area contributed by atoms with Gasteiger partial charge in [0.15, 0.2) is 0 Å². The number of hydrogen-bond donors (Lipinski definition) is 0. The van der Waals surface area contributed by atoms with Crippen molar-refractivity contribution in [2.24, 2.45) is 0 Å². The van der Waals surface area contributed by atoms with Crippen molar-refractivity contribution in [3.8, 4) is 0 Å². The van der Waals surface area contributed by atoms with Crippen molar-refractivity contribution in [1.29, 1.82) is 0 Å². The van der Waals surface area contributed by atoms with Gasteiger partial charge in [-0.05, 0) is 37.8 Å². The topological polar surface area (TPSA) is 9.23 Å². The zero-order valence-electron chi connectivity index (χ0n) is 8.11. The number of allylic oxidation sites excluding steroid dienone is 4. The van der Waals surface area contributed by atoms with E-state index in [1.165, 1.54) is 0 Å². The van der Waals surface area contributed by atoms with Gasteiger partial charge in [0, 0.05) is 0 Å². The first-order valence-electron chi connectivity index (χ1n) is 4.59. The second kappa shape index (κ2) is 10.8. The molecule has 0 saturated heterocycles. The van der Waals surface area contributed by atoms with E-state index in [0.717, 1.165) is 25.7 Å². The highest BCUT2D eigenvalue weighted by molar-refractivity contribution is 4.83. The molecular formula is C12H18O. The Kier molecular flexibility index (Phi) is 9.73. The Balaban J connectivity index is 3.22. The molecule has 0 atom stereocenters. The van der Waals surface area contributed by atoms with Crippen LogP contribution in [0, 0.1) is 0 Å². The molecule has 0 unspecified atom stereocenters. The molecule has 13 heavy (non-hydrogen) atoms. The van der Waals surface area contributed by atoms with Crippen molar-refractivity contribution in [1.82, 2.24) is 0 Å². The predicted octanol–water partition coefficient (Wildman–Crippen LogP) is 3.96. The Bertz CT molecular complexity index is 158. The van der Waals surface area contributed by atoms with Gasteiger partial charge in [0.2, 0.25) is 0 Å². The summed E-state index contributed by atoms with van der Waals surface area (Å²) in [7, 11) is 0. The minimum atomic E-state index is 0.990. The lowest BCUT2D eigenvalue weighted by molar-refractivity contribution is 0.399. The average Bonchev–Trinajstić information content (AvgIpc) is 2.16. The maximum absolute atomic E-state index is 5.10. The van der Waals surface area contributed by atoms with E-state index < -0.39 is 0 Å². The van der Waals surface area contributed by atoms with Gasteiger partial charge < -0.3 is 4.74 Å². The summed E-state index contributed by atoms with van der Waals surface area (Å²) in [6.07, 6.45) is 15.1. The molecule has 0 aromatic carbocycles. The smallest absolute Gasteiger partial charge is 0.0861 e. The van der Waals surface area contributed by atoms with Gasteiger partial charge in [-0.1, -0.05) is 12.2 Å². The van der Waals surface area contributed by atoms with Crippen molar-refractivity contribution in [2.45, 2.75) is 25.7 Å². The van der Waals surface area contributed by atoms with E-state index in [2.05, 4.69) is 13.2 Å². The number of rotatable bonds is 8. The third kappa shape index (κ3) is 10.8. The first-order chi connectivity index (χ1) is 6.41. The van der Waals surface area contributed by atoms with Crippen molar-refractivity contribution in [2.75, 3.05) is 0 Å². The molecule has 0 radical (unpaired) electrons. The molecule has 0 fully saturated rings. The summed E-state index contributed by atoms with van der Waals surface area (Å²) in [5, 5.41) is 0. The summed E-state index contributed by atoms with van der Waals surface area (Å²) in [5.74, 6) is 0. The standard InChI is InChI=1S/C12H18O/c1-3-5-7-9-11-13-12-10-8-6-4-2/h3-4,9-12H,1-2,5-8H2. The molecule has 0 saturated carbocycles. The third-order valence-corrected chi connectivity index (χ3v) is 1.42. The molecule has 0 bridgehead atoms. The van der Waals surface area contributed by atoms with Gasteiger partial charge in [-0.25, -0.2) is 0 Å². The van der Waals surface area contributed by atoms with E-state index in [-0.39, 0.29) is 0 Å². The Morgan fingerprint density at radius 1 is 0.769 bits per heavy atom. The summed E-state index contributed by atoms with van der Waals surface area (Å²) in [5.41, 5.74) is 0.